The van der Waals surface area contributed by atoms with E-state index in [4.69, 9.17) is 20.6 Å². The fourth-order valence-electron chi connectivity index (χ4n) is 1.78. The molecule has 17 heavy (non-hydrogen) atoms. The van der Waals surface area contributed by atoms with Crippen molar-refractivity contribution in [1.29, 1.82) is 0 Å². The Bertz CT molecular complexity index is 363. The van der Waals surface area contributed by atoms with E-state index in [2.05, 4.69) is 6.08 Å². The molecule has 5 heteroatoms. The molecule has 0 aromatic rings. The minimum absolute atomic E-state index is 0.122. The number of allylic oxidation sites excluding steroid dienone is 2. The van der Waals surface area contributed by atoms with Gasteiger partial charge in [-0.1, -0.05) is 31.5 Å². The van der Waals surface area contributed by atoms with E-state index in [0.717, 1.165) is 29.9 Å². The summed E-state index contributed by atoms with van der Waals surface area (Å²) in [5, 5.41) is 0.841. The summed E-state index contributed by atoms with van der Waals surface area (Å²) in [5.74, 6) is 0. The Kier molecular flexibility index (Phi) is 5.94. The van der Waals surface area contributed by atoms with Crippen LogP contribution in [0.3, 0.4) is 0 Å². The summed E-state index contributed by atoms with van der Waals surface area (Å²) >= 11 is 5.97. The number of hydrogen-bond acceptors (Lipinski definition) is 3. The van der Waals surface area contributed by atoms with Crippen molar-refractivity contribution in [1.82, 2.24) is 0 Å². The molecule has 0 aromatic heterocycles. The second-order valence-corrected chi connectivity index (χ2v) is 6.32. The highest BCUT2D eigenvalue weighted by molar-refractivity contribution is 7.53. The van der Waals surface area contributed by atoms with E-state index in [1.54, 1.807) is 0 Å². The first-order valence-corrected chi connectivity index (χ1v) is 8.40. The van der Waals surface area contributed by atoms with E-state index in [1.165, 1.54) is 6.66 Å². The van der Waals surface area contributed by atoms with Gasteiger partial charge in [0.1, 0.15) is 0 Å². The molecular formula is C12H20ClO3P. The molecule has 0 N–H and O–H groups in total. The van der Waals surface area contributed by atoms with E-state index in [0.29, 0.717) is 6.61 Å². The molecule has 98 valence electrons. The van der Waals surface area contributed by atoms with Crippen molar-refractivity contribution in [2.75, 3.05) is 13.3 Å². The van der Waals surface area contributed by atoms with Crippen LogP contribution in [0.2, 0.25) is 0 Å². The number of rotatable bonds is 1. The normalized spacial score (nSPS) is 33.1. The third kappa shape index (κ3) is 4.59. The van der Waals surface area contributed by atoms with Crippen molar-refractivity contribution < 1.29 is 13.6 Å². The molecule has 1 heterocycles. The average Bonchev–Trinajstić information content (AvgIpc) is 2.30. The van der Waals surface area contributed by atoms with Gasteiger partial charge in [0.05, 0.1) is 12.7 Å². The van der Waals surface area contributed by atoms with Gasteiger partial charge in [0.2, 0.25) is 0 Å². The van der Waals surface area contributed by atoms with Crippen LogP contribution in [-0.2, 0) is 13.6 Å². The van der Waals surface area contributed by atoms with Gasteiger partial charge in [-0.3, -0.25) is 4.57 Å². The zero-order valence-corrected chi connectivity index (χ0v) is 12.3. The molecule has 1 aliphatic heterocycles. The average molecular weight is 279 g/mol. The maximum absolute atomic E-state index is 11.6. The van der Waals surface area contributed by atoms with Crippen molar-refractivity contribution in [2.24, 2.45) is 0 Å². The van der Waals surface area contributed by atoms with Crippen molar-refractivity contribution in [2.45, 2.75) is 39.2 Å². The molecule has 0 amide bonds. The third-order valence-electron chi connectivity index (χ3n) is 2.48. The molecule has 0 spiro atoms. The quantitative estimate of drug-likeness (QED) is 0.663. The van der Waals surface area contributed by atoms with E-state index < -0.39 is 7.60 Å². The standard InChI is InChI=1S/C10H14ClO3P.C2H6/c1-15(12)13-6-5-10(14-15)8-3-2-4-9(11)7-8;1-2/h3,7,10H,2,4-6H2,1H3;1-2H3/t10-,15?;/m1./s1. The lowest BCUT2D eigenvalue weighted by Gasteiger charge is -2.29. The molecule has 1 aliphatic carbocycles. The zero-order valence-electron chi connectivity index (χ0n) is 10.6. The maximum atomic E-state index is 11.6. The van der Waals surface area contributed by atoms with Gasteiger partial charge in [-0.05, 0) is 24.5 Å². The Labute approximate surface area is 108 Å². The fraction of sp³-hybridized carbons (Fsp3) is 0.667. The Morgan fingerprint density at radius 1 is 1.47 bits per heavy atom. The molecule has 0 radical (unpaired) electrons. The van der Waals surface area contributed by atoms with Crippen LogP contribution in [-0.4, -0.2) is 19.4 Å². The van der Waals surface area contributed by atoms with Gasteiger partial charge in [0.15, 0.2) is 0 Å². The van der Waals surface area contributed by atoms with Gasteiger partial charge >= 0.3 is 7.60 Å². The smallest absolute Gasteiger partial charge is 0.309 e. The summed E-state index contributed by atoms with van der Waals surface area (Å²) < 4.78 is 22.1. The Morgan fingerprint density at radius 2 is 2.18 bits per heavy atom. The highest BCUT2D eigenvalue weighted by Crippen LogP contribution is 2.50. The number of halogens is 1. The highest BCUT2D eigenvalue weighted by Gasteiger charge is 2.30. The van der Waals surface area contributed by atoms with Crippen LogP contribution in [0.5, 0.6) is 0 Å². The van der Waals surface area contributed by atoms with Crippen LogP contribution in [0.4, 0.5) is 0 Å². The Hall–Kier alpha value is -0.0800. The molecule has 1 saturated heterocycles. The molecule has 2 atom stereocenters. The van der Waals surface area contributed by atoms with Crippen LogP contribution in [0.1, 0.15) is 33.1 Å². The van der Waals surface area contributed by atoms with Crippen molar-refractivity contribution in [3.63, 3.8) is 0 Å². The predicted octanol–water partition coefficient (Wildman–Crippen LogP) is 4.48. The van der Waals surface area contributed by atoms with E-state index >= 15 is 0 Å². The van der Waals surface area contributed by atoms with Crippen molar-refractivity contribution in [3.8, 4) is 0 Å². The Balaban J connectivity index is 0.000000686. The predicted molar refractivity (Wildman–Crippen MR) is 71.6 cm³/mol. The van der Waals surface area contributed by atoms with Crippen LogP contribution < -0.4 is 0 Å². The zero-order chi connectivity index (χ0) is 12.9. The minimum atomic E-state index is -2.84. The van der Waals surface area contributed by atoms with E-state index in [9.17, 15) is 4.57 Å². The first-order chi connectivity index (χ1) is 8.07. The van der Waals surface area contributed by atoms with Crippen LogP contribution >= 0.6 is 19.2 Å². The second-order valence-electron chi connectivity index (χ2n) is 3.82. The molecule has 3 nitrogen and oxygen atoms in total. The van der Waals surface area contributed by atoms with Gasteiger partial charge in [-0.15, -0.1) is 0 Å². The largest absolute Gasteiger partial charge is 0.328 e. The van der Waals surface area contributed by atoms with Crippen LogP contribution in [0, 0.1) is 0 Å². The summed E-state index contributed by atoms with van der Waals surface area (Å²) in [6.07, 6.45) is 6.45. The topological polar surface area (TPSA) is 35.5 Å². The van der Waals surface area contributed by atoms with Gasteiger partial charge in [-0.25, -0.2) is 0 Å². The third-order valence-corrected chi connectivity index (χ3v) is 4.07. The summed E-state index contributed by atoms with van der Waals surface area (Å²) in [5.41, 5.74) is 1.04. The first kappa shape index (κ1) is 15.0. The number of hydrogen-bond donors (Lipinski definition) is 0. The molecule has 0 saturated carbocycles. The molecular weight excluding hydrogens is 259 g/mol. The van der Waals surface area contributed by atoms with Crippen molar-refractivity contribution in [3.05, 3.63) is 22.8 Å². The molecule has 0 bridgehead atoms. The Morgan fingerprint density at radius 3 is 2.76 bits per heavy atom. The molecule has 2 aliphatic rings. The minimum Gasteiger partial charge on any atom is -0.309 e. The van der Waals surface area contributed by atoms with Gasteiger partial charge in [-0.2, -0.15) is 0 Å². The van der Waals surface area contributed by atoms with Crippen LogP contribution in [0.25, 0.3) is 0 Å². The van der Waals surface area contributed by atoms with Crippen LogP contribution in [0.15, 0.2) is 22.8 Å². The van der Waals surface area contributed by atoms with E-state index in [-0.39, 0.29) is 6.10 Å². The highest BCUT2D eigenvalue weighted by atomic mass is 35.5. The lowest BCUT2D eigenvalue weighted by atomic mass is 10.0. The van der Waals surface area contributed by atoms with Gasteiger partial charge in [0.25, 0.3) is 0 Å². The molecule has 2 rings (SSSR count). The van der Waals surface area contributed by atoms with E-state index in [1.807, 2.05) is 19.9 Å². The molecule has 1 unspecified atom stereocenters. The monoisotopic (exact) mass is 278 g/mol. The lowest BCUT2D eigenvalue weighted by Crippen LogP contribution is -2.22. The summed E-state index contributed by atoms with van der Waals surface area (Å²) in [6.45, 7) is 6.00. The summed E-state index contributed by atoms with van der Waals surface area (Å²) in [4.78, 5) is 0. The fourth-order valence-corrected chi connectivity index (χ4v) is 3.20. The second kappa shape index (κ2) is 6.75. The SMILES string of the molecule is CC.CP1(=O)OCC[C@H](C2=CCCC(Cl)=C2)O1. The maximum Gasteiger partial charge on any atom is 0.328 e. The lowest BCUT2D eigenvalue weighted by molar-refractivity contribution is 0.106. The molecule has 1 fully saturated rings. The summed E-state index contributed by atoms with van der Waals surface area (Å²) in [6, 6.07) is 0. The van der Waals surface area contributed by atoms with Gasteiger partial charge < -0.3 is 9.05 Å². The van der Waals surface area contributed by atoms with Gasteiger partial charge in [0, 0.05) is 18.1 Å². The van der Waals surface area contributed by atoms with Crippen molar-refractivity contribution >= 4 is 19.2 Å². The first-order valence-electron chi connectivity index (χ1n) is 6.03. The summed E-state index contributed by atoms with van der Waals surface area (Å²) in [7, 11) is -2.84. The molecule has 0 aromatic carbocycles.